The number of rotatable bonds is 9. The molecule has 2 heteroatoms. The van der Waals surface area contributed by atoms with Gasteiger partial charge >= 0.3 is 0 Å². The summed E-state index contributed by atoms with van der Waals surface area (Å²) in [6.45, 7) is 2.82. The van der Waals surface area contributed by atoms with Crippen molar-refractivity contribution < 1.29 is 0 Å². The summed E-state index contributed by atoms with van der Waals surface area (Å²) in [6, 6.07) is 58.7. The number of fused-ring (bicyclic) bond motifs is 2. The summed E-state index contributed by atoms with van der Waals surface area (Å²) in [5, 5.41) is 4.95. The zero-order valence-corrected chi connectivity index (χ0v) is 27.2. The highest BCUT2D eigenvalue weighted by molar-refractivity contribution is 5.99. The molecule has 7 aromatic carbocycles. The first-order valence-electron chi connectivity index (χ1n) is 16.2. The second kappa shape index (κ2) is 15.3. The summed E-state index contributed by atoms with van der Waals surface area (Å²) < 4.78 is 0. The summed E-state index contributed by atoms with van der Waals surface area (Å²) >= 11 is 0. The molecule has 2 nitrogen and oxygen atoms in total. The topological polar surface area (TPSA) is 6.48 Å². The molecular weight excluding hydrogens is 581 g/mol. The lowest BCUT2D eigenvalue weighted by atomic mass is 10.0. The van der Waals surface area contributed by atoms with Gasteiger partial charge in [0.1, 0.15) is 0 Å². The third-order valence-electron chi connectivity index (χ3n) is 8.44. The fraction of sp³-hybridized carbons (Fsp3) is 0.0435. The Hall–Kier alpha value is -6.30. The Bertz CT molecular complexity index is 2160. The van der Waals surface area contributed by atoms with Gasteiger partial charge in [-0.15, -0.1) is 12.8 Å². The number of nitrogens with zero attached hydrogens (tertiary/aromatic N) is 2. The molecule has 232 valence electrons. The molecule has 0 aliphatic rings. The van der Waals surface area contributed by atoms with E-state index in [0.717, 1.165) is 23.6 Å². The largest absolute Gasteiger partial charge is 0.337 e. The van der Waals surface area contributed by atoms with E-state index in [4.69, 9.17) is 0 Å². The van der Waals surface area contributed by atoms with Crippen LogP contribution in [-0.4, -0.2) is 6.54 Å². The molecule has 0 saturated heterocycles. The first-order valence-corrected chi connectivity index (χ1v) is 16.2. The van der Waals surface area contributed by atoms with E-state index in [1.807, 2.05) is 6.92 Å². The minimum Gasteiger partial charge on any atom is -0.337 e. The molecule has 0 atom stereocenters. The summed E-state index contributed by atoms with van der Waals surface area (Å²) in [5.74, 6) is 0. The van der Waals surface area contributed by atoms with Crippen LogP contribution in [0.3, 0.4) is 0 Å². The normalized spacial score (nSPS) is 11.1. The Morgan fingerprint density at radius 2 is 0.938 bits per heavy atom. The van der Waals surface area contributed by atoms with E-state index < -0.39 is 0 Å². The number of benzene rings is 7. The van der Waals surface area contributed by atoms with E-state index in [9.17, 15) is 0 Å². The maximum absolute atomic E-state index is 4.00. The van der Waals surface area contributed by atoms with E-state index >= 15 is 0 Å². The molecule has 0 aromatic heterocycles. The van der Waals surface area contributed by atoms with Crippen LogP contribution in [-0.2, 0) is 0 Å². The van der Waals surface area contributed by atoms with Crippen LogP contribution in [0.25, 0.3) is 32.7 Å². The molecule has 7 rings (SSSR count). The van der Waals surface area contributed by atoms with Crippen molar-refractivity contribution in [3.05, 3.63) is 188 Å². The Labute approximate surface area is 284 Å². The van der Waals surface area contributed by atoms with E-state index in [1.54, 1.807) is 0 Å². The van der Waals surface area contributed by atoms with Crippen LogP contribution < -0.4 is 9.80 Å². The molecule has 0 aliphatic heterocycles. The number of para-hydroxylation sites is 1. The van der Waals surface area contributed by atoms with Crippen molar-refractivity contribution in [1.29, 1.82) is 0 Å². The third kappa shape index (κ3) is 6.77. The van der Waals surface area contributed by atoms with E-state index in [0.29, 0.717) is 0 Å². The molecule has 0 saturated carbocycles. The zero-order valence-electron chi connectivity index (χ0n) is 27.2. The quantitative estimate of drug-likeness (QED) is 0.117. The summed E-state index contributed by atoms with van der Waals surface area (Å²) in [6.07, 6.45) is 16.5. The van der Waals surface area contributed by atoms with Gasteiger partial charge in [-0.2, -0.15) is 0 Å². The van der Waals surface area contributed by atoms with Crippen molar-refractivity contribution in [3.63, 3.8) is 0 Å². The average Bonchev–Trinajstić information content (AvgIpc) is 3.17. The van der Waals surface area contributed by atoms with Crippen LogP contribution in [0.4, 0.5) is 28.4 Å². The fourth-order valence-electron chi connectivity index (χ4n) is 6.19. The van der Waals surface area contributed by atoms with Gasteiger partial charge in [0, 0.05) is 40.1 Å². The first-order chi connectivity index (χ1) is 23.8. The fourth-order valence-corrected chi connectivity index (χ4v) is 6.19. The summed E-state index contributed by atoms with van der Waals surface area (Å²) in [5.41, 5.74) is 8.16. The van der Waals surface area contributed by atoms with Crippen LogP contribution in [0, 0.1) is 12.8 Å². The van der Waals surface area contributed by atoms with Crippen molar-refractivity contribution >= 4 is 50.0 Å². The highest BCUT2D eigenvalue weighted by atomic mass is 15.1. The minimum absolute atomic E-state index is 0.774. The molecule has 0 bridgehead atoms. The van der Waals surface area contributed by atoms with Gasteiger partial charge in [-0.3, -0.25) is 0 Å². The second-order valence-electron chi connectivity index (χ2n) is 11.3. The van der Waals surface area contributed by atoms with Crippen molar-refractivity contribution in [1.82, 2.24) is 0 Å². The molecule has 0 fully saturated rings. The predicted octanol–water partition coefficient (Wildman–Crippen LogP) is 12.6. The summed E-state index contributed by atoms with van der Waals surface area (Å²) in [4.78, 5) is 4.73. The molecule has 0 unspecified atom stereocenters. The standard InChI is InChI=1S/C44H36N2.C2H2/c1-2-3-4-12-33-45(43-23-13-17-36-15-8-10-21-41(36)43)38-29-25-34(26-30-38)35-27-31-40(32-28-35)46(39-19-6-5-7-20-39)44-24-14-18-37-16-9-11-22-42(37)44;1-2/h2-32H,33H2,1H3;1-2H/b3-2-,12-4-;. The lowest BCUT2D eigenvalue weighted by Gasteiger charge is -2.27. The second-order valence-corrected chi connectivity index (χ2v) is 11.3. The van der Waals surface area contributed by atoms with Gasteiger partial charge in [0.25, 0.3) is 0 Å². The van der Waals surface area contributed by atoms with Gasteiger partial charge < -0.3 is 9.80 Å². The number of terminal acetylenes is 1. The molecule has 7 aromatic rings. The van der Waals surface area contributed by atoms with Gasteiger partial charge in [0.2, 0.25) is 0 Å². The number of hydrogen-bond donors (Lipinski definition) is 0. The molecule has 0 spiro atoms. The highest BCUT2D eigenvalue weighted by Gasteiger charge is 2.16. The Kier molecular flexibility index (Phi) is 10.1. The average molecular weight is 619 g/mol. The number of anilines is 5. The van der Waals surface area contributed by atoms with E-state index in [-0.39, 0.29) is 0 Å². The van der Waals surface area contributed by atoms with E-state index in [1.165, 1.54) is 44.0 Å². The summed E-state index contributed by atoms with van der Waals surface area (Å²) in [7, 11) is 0. The van der Waals surface area contributed by atoms with Crippen molar-refractivity contribution in [2.45, 2.75) is 6.92 Å². The van der Waals surface area contributed by atoms with E-state index in [2.05, 4.69) is 211 Å². The van der Waals surface area contributed by atoms with Crippen LogP contribution in [0.2, 0.25) is 0 Å². The van der Waals surface area contributed by atoms with Crippen LogP contribution in [0.15, 0.2) is 188 Å². The highest BCUT2D eigenvalue weighted by Crippen LogP contribution is 2.40. The Balaban J connectivity index is 0.00000197. The molecule has 0 N–H and O–H groups in total. The van der Waals surface area contributed by atoms with Gasteiger partial charge in [-0.25, -0.2) is 0 Å². The Morgan fingerprint density at radius 1 is 0.458 bits per heavy atom. The minimum atomic E-state index is 0.774. The molecular formula is C46H38N2. The Morgan fingerprint density at radius 3 is 1.54 bits per heavy atom. The molecule has 0 radical (unpaired) electrons. The van der Waals surface area contributed by atoms with Crippen LogP contribution >= 0.6 is 0 Å². The maximum Gasteiger partial charge on any atom is 0.0540 e. The monoisotopic (exact) mass is 618 g/mol. The lowest BCUT2D eigenvalue weighted by Crippen LogP contribution is -2.17. The van der Waals surface area contributed by atoms with Gasteiger partial charge in [-0.1, -0.05) is 140 Å². The van der Waals surface area contributed by atoms with Crippen molar-refractivity contribution in [2.24, 2.45) is 0 Å². The number of allylic oxidation sites excluding steroid dienone is 3. The molecule has 48 heavy (non-hydrogen) atoms. The third-order valence-corrected chi connectivity index (χ3v) is 8.44. The lowest BCUT2D eigenvalue weighted by molar-refractivity contribution is 1.10. The zero-order chi connectivity index (χ0) is 33.1. The maximum atomic E-state index is 4.00. The SMILES string of the molecule is C#C.C/C=C\C=C/CN(c1ccc(-c2ccc(N(c3ccccc3)c3cccc4ccccc34)cc2)cc1)c1cccc2ccccc12. The number of hydrogen-bond acceptors (Lipinski definition) is 2. The van der Waals surface area contributed by atoms with Crippen molar-refractivity contribution in [3.8, 4) is 24.0 Å². The predicted molar refractivity (Wildman–Crippen MR) is 209 cm³/mol. The molecule has 0 amide bonds. The van der Waals surface area contributed by atoms with Crippen molar-refractivity contribution in [2.75, 3.05) is 16.3 Å². The van der Waals surface area contributed by atoms with Crippen LogP contribution in [0.5, 0.6) is 0 Å². The molecule has 0 aliphatic carbocycles. The molecule has 0 heterocycles. The van der Waals surface area contributed by atoms with Crippen LogP contribution in [0.1, 0.15) is 6.92 Å². The van der Waals surface area contributed by atoms with Gasteiger partial charge in [0.15, 0.2) is 0 Å². The van der Waals surface area contributed by atoms with Gasteiger partial charge in [-0.05, 0) is 77.4 Å². The first kappa shape index (κ1) is 31.7. The smallest absolute Gasteiger partial charge is 0.0540 e. The van der Waals surface area contributed by atoms with Gasteiger partial charge in [0.05, 0.1) is 5.69 Å².